The first-order valence-electron chi connectivity index (χ1n) is 10.2. The highest BCUT2D eigenvalue weighted by atomic mass is 16.5. The third-order valence-electron chi connectivity index (χ3n) is 7.12. The zero-order valence-electron chi connectivity index (χ0n) is 17.2. The molecule has 2 aliphatic carbocycles. The fourth-order valence-electron chi connectivity index (χ4n) is 5.60. The van der Waals surface area contributed by atoms with E-state index in [9.17, 15) is 15.0 Å². The van der Waals surface area contributed by atoms with Crippen molar-refractivity contribution in [1.82, 2.24) is 0 Å². The number of hydrogen-bond donors (Lipinski definition) is 2. The first-order chi connectivity index (χ1) is 13.1. The molecule has 0 aliphatic heterocycles. The first-order valence-corrected chi connectivity index (χ1v) is 10.2. The summed E-state index contributed by atoms with van der Waals surface area (Å²) >= 11 is 0. The molecule has 1 aromatic rings. The van der Waals surface area contributed by atoms with Crippen LogP contribution in [-0.4, -0.2) is 22.8 Å². The van der Waals surface area contributed by atoms with Crippen LogP contribution in [0.15, 0.2) is 36.4 Å². The second kappa shape index (κ2) is 7.65. The molecular formula is C24H32O4. The van der Waals surface area contributed by atoms with E-state index < -0.39 is 5.97 Å². The monoisotopic (exact) mass is 384 g/mol. The number of carbonyl (C=O) groups excluding carboxylic acids is 1. The molecule has 1 aromatic carbocycles. The number of phenolic OH excluding ortho intramolecular Hbond substituents is 2. The van der Waals surface area contributed by atoms with Crippen LogP contribution in [0.3, 0.4) is 0 Å². The molecule has 1 unspecified atom stereocenters. The minimum Gasteiger partial charge on any atom is -0.504 e. The van der Waals surface area contributed by atoms with Gasteiger partial charge in [-0.3, -0.25) is 0 Å². The van der Waals surface area contributed by atoms with E-state index in [2.05, 4.69) is 27.4 Å². The first kappa shape index (κ1) is 20.5. The molecule has 2 fully saturated rings. The van der Waals surface area contributed by atoms with E-state index in [1.54, 1.807) is 12.1 Å². The van der Waals surface area contributed by atoms with Crippen molar-refractivity contribution >= 4 is 12.0 Å². The van der Waals surface area contributed by atoms with Crippen LogP contribution >= 0.6 is 0 Å². The molecular weight excluding hydrogens is 352 g/mol. The number of aromatic hydroxyl groups is 2. The van der Waals surface area contributed by atoms with Gasteiger partial charge >= 0.3 is 5.97 Å². The van der Waals surface area contributed by atoms with E-state index in [0.717, 1.165) is 12.8 Å². The molecule has 4 heteroatoms. The molecule has 152 valence electrons. The maximum Gasteiger partial charge on any atom is 0.330 e. The van der Waals surface area contributed by atoms with Crippen molar-refractivity contribution in [1.29, 1.82) is 0 Å². The predicted molar refractivity (Wildman–Crippen MR) is 111 cm³/mol. The number of hydrogen-bond acceptors (Lipinski definition) is 4. The minimum absolute atomic E-state index is 0.129. The Hall–Kier alpha value is -2.23. The molecule has 0 amide bonds. The minimum atomic E-state index is -0.402. The van der Waals surface area contributed by atoms with Gasteiger partial charge in [0, 0.05) is 12.0 Å². The smallest absolute Gasteiger partial charge is 0.330 e. The second-order valence-electron chi connectivity index (χ2n) is 9.36. The average molecular weight is 385 g/mol. The van der Waals surface area contributed by atoms with Crippen LogP contribution in [0.4, 0.5) is 0 Å². The van der Waals surface area contributed by atoms with Gasteiger partial charge in [0.2, 0.25) is 0 Å². The van der Waals surface area contributed by atoms with Crippen LogP contribution in [0.5, 0.6) is 11.5 Å². The maximum absolute atomic E-state index is 12.3. The maximum atomic E-state index is 12.3. The Bertz CT molecular complexity index is 792. The number of esters is 1. The molecule has 2 saturated carbocycles. The largest absolute Gasteiger partial charge is 0.504 e. The van der Waals surface area contributed by atoms with Crippen molar-refractivity contribution in [2.75, 3.05) is 6.61 Å². The third-order valence-corrected chi connectivity index (χ3v) is 7.12. The van der Waals surface area contributed by atoms with Crippen molar-refractivity contribution in [3.63, 3.8) is 0 Å². The van der Waals surface area contributed by atoms with Crippen LogP contribution in [0, 0.1) is 22.7 Å². The number of rotatable bonds is 4. The zero-order chi connectivity index (χ0) is 20.5. The Labute approximate surface area is 167 Å². The number of benzene rings is 1. The summed E-state index contributed by atoms with van der Waals surface area (Å²) in [6.07, 6.45) is 8.75. The highest BCUT2D eigenvalue weighted by Gasteiger charge is 2.53. The van der Waals surface area contributed by atoms with E-state index in [1.807, 2.05) is 0 Å². The van der Waals surface area contributed by atoms with E-state index >= 15 is 0 Å². The number of carbonyl (C=O) groups is 1. The molecule has 2 aliphatic rings. The van der Waals surface area contributed by atoms with Crippen LogP contribution in [0.1, 0.15) is 58.4 Å². The second-order valence-corrected chi connectivity index (χ2v) is 9.36. The molecule has 4 nitrogen and oxygen atoms in total. The van der Waals surface area contributed by atoms with Crippen molar-refractivity contribution in [2.24, 2.45) is 22.7 Å². The lowest BCUT2D eigenvalue weighted by Gasteiger charge is -2.57. The van der Waals surface area contributed by atoms with Gasteiger partial charge in [-0.1, -0.05) is 45.4 Å². The Morgan fingerprint density at radius 3 is 2.71 bits per heavy atom. The lowest BCUT2D eigenvalue weighted by molar-refractivity contribution is -0.143. The van der Waals surface area contributed by atoms with Gasteiger partial charge in [0.05, 0.1) is 6.61 Å². The molecule has 3 rings (SSSR count). The van der Waals surface area contributed by atoms with Crippen LogP contribution in [0.25, 0.3) is 6.08 Å². The van der Waals surface area contributed by atoms with Gasteiger partial charge in [-0.25, -0.2) is 4.79 Å². The summed E-state index contributed by atoms with van der Waals surface area (Å²) in [6.45, 7) is 11.8. The lowest BCUT2D eigenvalue weighted by Crippen LogP contribution is -2.50. The normalized spacial score (nSPS) is 29.5. The molecule has 3 atom stereocenters. The molecule has 0 saturated heterocycles. The van der Waals surface area contributed by atoms with E-state index in [1.165, 1.54) is 43.0 Å². The standard InChI is InChI=1S/C24H32O4/c1-16-6-10-21-23(2,3)12-5-13-24(21,4)18(16)15-28-22(27)11-8-17-7-9-19(25)20(26)14-17/h7-9,11,14,18,21,25-26H,1,5-6,10,12-13,15H2,2-4H3/b11-8+/t18-,21?,24+/m0/s1. The summed E-state index contributed by atoms with van der Waals surface area (Å²) in [7, 11) is 0. The van der Waals surface area contributed by atoms with Gasteiger partial charge in [0.1, 0.15) is 0 Å². The molecule has 0 spiro atoms. The molecule has 0 bridgehead atoms. The molecule has 0 heterocycles. The van der Waals surface area contributed by atoms with Crippen molar-refractivity contribution in [3.05, 3.63) is 42.0 Å². The molecule has 0 radical (unpaired) electrons. The van der Waals surface area contributed by atoms with E-state index in [0.29, 0.717) is 23.5 Å². The van der Waals surface area contributed by atoms with Gasteiger partial charge in [-0.2, -0.15) is 0 Å². The summed E-state index contributed by atoms with van der Waals surface area (Å²) in [6, 6.07) is 4.41. The molecule has 28 heavy (non-hydrogen) atoms. The summed E-state index contributed by atoms with van der Waals surface area (Å²) in [5.74, 6) is 0.0159. The van der Waals surface area contributed by atoms with Crippen molar-refractivity contribution < 1.29 is 19.7 Å². The number of ether oxygens (including phenoxy) is 1. The van der Waals surface area contributed by atoms with Crippen LogP contribution in [0.2, 0.25) is 0 Å². The topological polar surface area (TPSA) is 66.8 Å². The van der Waals surface area contributed by atoms with Crippen LogP contribution in [-0.2, 0) is 9.53 Å². The van der Waals surface area contributed by atoms with Gasteiger partial charge in [0.25, 0.3) is 0 Å². The zero-order valence-corrected chi connectivity index (χ0v) is 17.2. The summed E-state index contributed by atoms with van der Waals surface area (Å²) < 4.78 is 5.61. The van der Waals surface area contributed by atoms with Gasteiger partial charge in [0.15, 0.2) is 11.5 Å². The summed E-state index contributed by atoms with van der Waals surface area (Å²) in [4.78, 5) is 12.3. The number of phenols is 2. The summed E-state index contributed by atoms with van der Waals surface area (Å²) in [5.41, 5.74) is 2.27. The average Bonchev–Trinajstić information content (AvgIpc) is 2.61. The number of fused-ring (bicyclic) bond motifs is 1. The fourth-order valence-corrected chi connectivity index (χ4v) is 5.60. The van der Waals surface area contributed by atoms with Gasteiger partial charge in [-0.05, 0) is 66.2 Å². The van der Waals surface area contributed by atoms with E-state index in [-0.39, 0.29) is 22.8 Å². The van der Waals surface area contributed by atoms with Crippen molar-refractivity contribution in [3.8, 4) is 11.5 Å². The van der Waals surface area contributed by atoms with Gasteiger partial charge in [-0.15, -0.1) is 0 Å². The Morgan fingerprint density at radius 1 is 1.25 bits per heavy atom. The molecule has 0 aromatic heterocycles. The lowest BCUT2D eigenvalue weighted by atomic mass is 9.48. The highest BCUT2D eigenvalue weighted by Crippen LogP contribution is 2.60. The Balaban J connectivity index is 1.66. The van der Waals surface area contributed by atoms with Crippen molar-refractivity contribution in [2.45, 2.75) is 52.9 Å². The highest BCUT2D eigenvalue weighted by molar-refractivity contribution is 5.87. The Morgan fingerprint density at radius 2 is 2.00 bits per heavy atom. The predicted octanol–water partition coefficient (Wildman–Crippen LogP) is 5.45. The third kappa shape index (κ3) is 3.96. The SMILES string of the molecule is C=C1CCC2C(C)(C)CCC[C@]2(C)[C@H]1COC(=O)/C=C/c1ccc(O)c(O)c1. The van der Waals surface area contributed by atoms with Gasteiger partial charge < -0.3 is 14.9 Å². The van der Waals surface area contributed by atoms with E-state index in [4.69, 9.17) is 4.74 Å². The van der Waals surface area contributed by atoms with Crippen LogP contribution < -0.4 is 0 Å². The fraction of sp³-hybridized carbons (Fsp3) is 0.542. The molecule has 2 N–H and O–H groups in total. The quantitative estimate of drug-likeness (QED) is 0.313. The summed E-state index contributed by atoms with van der Waals surface area (Å²) in [5, 5.41) is 18.9. The Kier molecular flexibility index (Phi) is 5.60.